The van der Waals surface area contributed by atoms with Gasteiger partial charge in [-0.1, -0.05) is 92.2 Å². The summed E-state index contributed by atoms with van der Waals surface area (Å²) in [6.45, 7) is 4.50. The zero-order valence-electron chi connectivity index (χ0n) is 14.6. The fraction of sp³-hybridized carbons (Fsp3) is 0.455. The van der Waals surface area contributed by atoms with Gasteiger partial charge in [-0.05, 0) is 53.6 Å². The molecule has 0 saturated carbocycles. The summed E-state index contributed by atoms with van der Waals surface area (Å²) in [6, 6.07) is 15.8. The minimum Gasteiger partial charge on any atom is -0.0654 e. The van der Waals surface area contributed by atoms with Gasteiger partial charge < -0.3 is 0 Å². The van der Waals surface area contributed by atoms with E-state index in [2.05, 4.69) is 72.2 Å². The van der Waals surface area contributed by atoms with Crippen LogP contribution in [0.2, 0.25) is 0 Å². The molecule has 0 bridgehead atoms. The number of hydrogen-bond donors (Lipinski definition) is 0. The molecule has 2 aromatic rings. The normalized spacial score (nSPS) is 10.9. The Morgan fingerprint density at radius 1 is 0.783 bits per heavy atom. The Bertz CT molecular complexity index is 583. The molecule has 0 amide bonds. The number of aryl methyl sites for hydroxylation is 2. The van der Waals surface area contributed by atoms with Crippen LogP contribution in [0.5, 0.6) is 0 Å². The van der Waals surface area contributed by atoms with Crippen molar-refractivity contribution in [3.05, 3.63) is 58.1 Å². The molecule has 0 spiro atoms. The fourth-order valence-electron chi connectivity index (χ4n) is 3.10. The van der Waals surface area contributed by atoms with Crippen LogP contribution in [0, 0.1) is 0 Å². The first kappa shape index (κ1) is 18.3. The van der Waals surface area contributed by atoms with Crippen molar-refractivity contribution in [2.24, 2.45) is 0 Å². The Kier molecular flexibility index (Phi) is 7.88. The van der Waals surface area contributed by atoms with E-state index in [9.17, 15) is 0 Å². The lowest BCUT2D eigenvalue weighted by Crippen LogP contribution is -1.90. The van der Waals surface area contributed by atoms with E-state index in [1.54, 1.807) is 0 Å². The molecule has 2 rings (SSSR count). The third kappa shape index (κ3) is 5.80. The highest BCUT2D eigenvalue weighted by Gasteiger charge is 2.05. The zero-order valence-corrected chi connectivity index (χ0v) is 16.2. The maximum absolute atomic E-state index is 3.57. The first-order valence-electron chi connectivity index (χ1n) is 9.12. The number of hydrogen-bond acceptors (Lipinski definition) is 0. The molecule has 0 aliphatic carbocycles. The van der Waals surface area contributed by atoms with Crippen molar-refractivity contribution in [2.45, 2.75) is 65.2 Å². The Morgan fingerprint density at radius 2 is 1.48 bits per heavy atom. The average Bonchev–Trinajstić information content (AvgIpc) is 2.58. The van der Waals surface area contributed by atoms with E-state index in [0.29, 0.717) is 0 Å². The molecule has 0 atom stereocenters. The largest absolute Gasteiger partial charge is 0.0654 e. The summed E-state index contributed by atoms with van der Waals surface area (Å²) in [7, 11) is 0. The Hall–Kier alpha value is -1.08. The molecule has 0 aromatic heterocycles. The molecule has 0 N–H and O–H groups in total. The van der Waals surface area contributed by atoms with Gasteiger partial charge >= 0.3 is 0 Å². The van der Waals surface area contributed by atoms with Crippen LogP contribution >= 0.6 is 15.9 Å². The SMILES string of the molecule is CCCCCCCCc1ccc(-c2ccc(Br)cc2CC)cc1. The maximum Gasteiger partial charge on any atom is 0.0178 e. The van der Waals surface area contributed by atoms with Gasteiger partial charge in [0.05, 0.1) is 0 Å². The van der Waals surface area contributed by atoms with Crippen LogP contribution in [0.25, 0.3) is 11.1 Å². The van der Waals surface area contributed by atoms with Gasteiger partial charge in [0.2, 0.25) is 0 Å². The van der Waals surface area contributed by atoms with Gasteiger partial charge in [0.1, 0.15) is 0 Å². The summed E-state index contributed by atoms with van der Waals surface area (Å²) in [5.41, 5.74) is 5.57. The van der Waals surface area contributed by atoms with Gasteiger partial charge in [0.25, 0.3) is 0 Å². The lowest BCUT2D eigenvalue weighted by molar-refractivity contribution is 0.607. The van der Waals surface area contributed by atoms with E-state index < -0.39 is 0 Å². The number of benzene rings is 2. The standard InChI is InChI=1S/C22H29Br/c1-3-5-6-7-8-9-10-18-11-13-20(14-12-18)22-16-15-21(23)17-19(22)4-2/h11-17H,3-10H2,1-2H3. The molecule has 23 heavy (non-hydrogen) atoms. The van der Waals surface area contributed by atoms with Gasteiger partial charge in [0.15, 0.2) is 0 Å². The summed E-state index contributed by atoms with van der Waals surface area (Å²) in [5, 5.41) is 0. The van der Waals surface area contributed by atoms with E-state index in [1.807, 2.05) is 0 Å². The highest BCUT2D eigenvalue weighted by atomic mass is 79.9. The molecule has 0 saturated heterocycles. The van der Waals surface area contributed by atoms with Crippen LogP contribution in [0.3, 0.4) is 0 Å². The van der Waals surface area contributed by atoms with Gasteiger partial charge in [0, 0.05) is 4.47 Å². The van der Waals surface area contributed by atoms with Crippen LogP contribution in [-0.4, -0.2) is 0 Å². The Morgan fingerprint density at radius 3 is 2.17 bits per heavy atom. The highest BCUT2D eigenvalue weighted by Crippen LogP contribution is 2.27. The molecule has 0 aliphatic heterocycles. The van der Waals surface area contributed by atoms with Crippen LogP contribution in [0.1, 0.15) is 63.5 Å². The highest BCUT2D eigenvalue weighted by molar-refractivity contribution is 9.10. The second-order valence-electron chi connectivity index (χ2n) is 6.37. The van der Waals surface area contributed by atoms with Crippen molar-refractivity contribution in [1.82, 2.24) is 0 Å². The predicted molar refractivity (Wildman–Crippen MR) is 106 cm³/mol. The monoisotopic (exact) mass is 372 g/mol. The molecule has 0 fully saturated rings. The lowest BCUT2D eigenvalue weighted by Gasteiger charge is -2.10. The first-order valence-corrected chi connectivity index (χ1v) is 9.91. The number of rotatable bonds is 9. The van der Waals surface area contributed by atoms with Crippen molar-refractivity contribution in [2.75, 3.05) is 0 Å². The minimum atomic E-state index is 1.06. The summed E-state index contributed by atoms with van der Waals surface area (Å²) in [6.07, 6.45) is 10.5. The van der Waals surface area contributed by atoms with Crippen molar-refractivity contribution in [1.29, 1.82) is 0 Å². The predicted octanol–water partition coefficient (Wildman–Crippen LogP) is 7.58. The molecule has 0 unspecified atom stereocenters. The topological polar surface area (TPSA) is 0 Å². The van der Waals surface area contributed by atoms with Crippen LogP contribution in [0.4, 0.5) is 0 Å². The Balaban J connectivity index is 1.92. The van der Waals surface area contributed by atoms with Crippen molar-refractivity contribution in [3.63, 3.8) is 0 Å². The molecular weight excluding hydrogens is 344 g/mol. The van der Waals surface area contributed by atoms with Crippen LogP contribution in [0.15, 0.2) is 46.9 Å². The van der Waals surface area contributed by atoms with Gasteiger partial charge in [-0.2, -0.15) is 0 Å². The number of halogens is 1. The van der Waals surface area contributed by atoms with Crippen molar-refractivity contribution >= 4 is 15.9 Å². The number of unbranched alkanes of at least 4 members (excludes halogenated alkanes) is 5. The molecule has 0 nitrogen and oxygen atoms in total. The van der Waals surface area contributed by atoms with E-state index >= 15 is 0 Å². The van der Waals surface area contributed by atoms with E-state index in [1.165, 1.54) is 67.2 Å². The first-order chi connectivity index (χ1) is 11.2. The summed E-state index contributed by atoms with van der Waals surface area (Å²) < 4.78 is 1.16. The second-order valence-corrected chi connectivity index (χ2v) is 7.29. The minimum absolute atomic E-state index is 1.06. The smallest absolute Gasteiger partial charge is 0.0178 e. The van der Waals surface area contributed by atoms with Gasteiger partial charge in [-0.15, -0.1) is 0 Å². The summed E-state index contributed by atoms with van der Waals surface area (Å²) >= 11 is 3.57. The average molecular weight is 373 g/mol. The molecule has 0 heterocycles. The van der Waals surface area contributed by atoms with Crippen LogP contribution in [-0.2, 0) is 12.8 Å². The van der Waals surface area contributed by atoms with Gasteiger partial charge in [-0.25, -0.2) is 0 Å². The van der Waals surface area contributed by atoms with Crippen molar-refractivity contribution < 1.29 is 0 Å². The maximum atomic E-state index is 3.57. The van der Waals surface area contributed by atoms with E-state index in [0.717, 1.165) is 10.9 Å². The van der Waals surface area contributed by atoms with Crippen LogP contribution < -0.4 is 0 Å². The van der Waals surface area contributed by atoms with Gasteiger partial charge in [-0.3, -0.25) is 0 Å². The third-order valence-electron chi connectivity index (χ3n) is 4.53. The molecule has 124 valence electrons. The zero-order chi connectivity index (χ0) is 16.5. The summed E-state index contributed by atoms with van der Waals surface area (Å²) in [5.74, 6) is 0. The molecule has 2 aromatic carbocycles. The Labute approximate surface area is 150 Å². The molecule has 1 heteroatoms. The second kappa shape index (κ2) is 9.93. The molecule has 0 radical (unpaired) electrons. The molecular formula is C22H29Br. The lowest BCUT2D eigenvalue weighted by atomic mass is 9.96. The van der Waals surface area contributed by atoms with E-state index in [-0.39, 0.29) is 0 Å². The van der Waals surface area contributed by atoms with Crippen molar-refractivity contribution in [3.8, 4) is 11.1 Å². The summed E-state index contributed by atoms with van der Waals surface area (Å²) in [4.78, 5) is 0. The third-order valence-corrected chi connectivity index (χ3v) is 5.03. The fourth-order valence-corrected chi connectivity index (χ4v) is 3.51. The molecule has 0 aliphatic rings. The quantitative estimate of drug-likeness (QED) is 0.397. The van der Waals surface area contributed by atoms with E-state index in [4.69, 9.17) is 0 Å².